The van der Waals surface area contributed by atoms with Crippen molar-refractivity contribution in [3.63, 3.8) is 0 Å². The Bertz CT molecular complexity index is 597. The third-order valence-electron chi connectivity index (χ3n) is 3.12. The van der Waals surface area contributed by atoms with Crippen molar-refractivity contribution in [1.82, 2.24) is 9.55 Å². The van der Waals surface area contributed by atoms with Gasteiger partial charge in [-0.1, -0.05) is 0 Å². The first-order valence-electron chi connectivity index (χ1n) is 6.56. The standard InChI is InChI=1S/C15H18N2O4/c1-4-17-10-16-7-12(17)9-21-15-13(19-2)5-11(8-18)6-14(15)20-3/h5-8,10H,4,9H2,1-3H3. The molecule has 0 aliphatic carbocycles. The second-order valence-electron chi connectivity index (χ2n) is 4.33. The van der Waals surface area contributed by atoms with Crippen LogP contribution in [0.4, 0.5) is 0 Å². The molecule has 1 aromatic carbocycles. The fourth-order valence-electron chi connectivity index (χ4n) is 2.01. The highest BCUT2D eigenvalue weighted by atomic mass is 16.5. The van der Waals surface area contributed by atoms with E-state index in [1.54, 1.807) is 24.7 Å². The van der Waals surface area contributed by atoms with Gasteiger partial charge in [0.05, 0.1) is 32.4 Å². The summed E-state index contributed by atoms with van der Waals surface area (Å²) in [5.41, 5.74) is 1.41. The number of aromatic nitrogens is 2. The molecule has 0 aliphatic rings. The van der Waals surface area contributed by atoms with Gasteiger partial charge in [0.15, 0.2) is 11.5 Å². The molecule has 0 saturated heterocycles. The summed E-state index contributed by atoms with van der Waals surface area (Å²) in [5, 5.41) is 0. The van der Waals surface area contributed by atoms with Crippen LogP contribution in [0.5, 0.6) is 17.2 Å². The Labute approximate surface area is 123 Å². The van der Waals surface area contributed by atoms with Crippen molar-refractivity contribution in [2.45, 2.75) is 20.1 Å². The number of hydrogen-bond donors (Lipinski definition) is 0. The lowest BCUT2D eigenvalue weighted by Gasteiger charge is -2.15. The van der Waals surface area contributed by atoms with E-state index in [-0.39, 0.29) is 0 Å². The van der Waals surface area contributed by atoms with E-state index in [1.165, 1.54) is 14.2 Å². The maximum absolute atomic E-state index is 10.9. The molecule has 0 unspecified atom stereocenters. The zero-order valence-electron chi connectivity index (χ0n) is 12.3. The molecule has 0 amide bonds. The van der Waals surface area contributed by atoms with Crippen LogP contribution in [0, 0.1) is 0 Å². The molecule has 112 valence electrons. The van der Waals surface area contributed by atoms with Crippen LogP contribution >= 0.6 is 0 Å². The number of carbonyl (C=O) groups excluding carboxylic acids is 1. The van der Waals surface area contributed by atoms with Crippen molar-refractivity contribution in [1.29, 1.82) is 0 Å². The van der Waals surface area contributed by atoms with Crippen LogP contribution in [0.25, 0.3) is 0 Å². The minimum atomic E-state index is 0.334. The number of rotatable bonds is 7. The van der Waals surface area contributed by atoms with Crippen LogP contribution in [-0.2, 0) is 13.2 Å². The van der Waals surface area contributed by atoms with Crippen molar-refractivity contribution in [3.05, 3.63) is 35.9 Å². The van der Waals surface area contributed by atoms with E-state index in [1.807, 2.05) is 11.5 Å². The minimum Gasteiger partial charge on any atom is -0.493 e. The van der Waals surface area contributed by atoms with E-state index in [0.717, 1.165) is 18.5 Å². The fraction of sp³-hybridized carbons (Fsp3) is 0.333. The van der Waals surface area contributed by atoms with Gasteiger partial charge in [-0.25, -0.2) is 4.98 Å². The minimum absolute atomic E-state index is 0.334. The van der Waals surface area contributed by atoms with Crippen molar-refractivity contribution in [2.24, 2.45) is 0 Å². The second-order valence-corrected chi connectivity index (χ2v) is 4.33. The Balaban J connectivity index is 2.28. The van der Waals surface area contributed by atoms with Crippen molar-refractivity contribution < 1.29 is 19.0 Å². The third-order valence-corrected chi connectivity index (χ3v) is 3.12. The van der Waals surface area contributed by atoms with E-state index in [2.05, 4.69) is 4.98 Å². The van der Waals surface area contributed by atoms with Gasteiger partial charge in [-0.2, -0.15) is 0 Å². The molecular weight excluding hydrogens is 272 g/mol. The number of aldehydes is 1. The number of aryl methyl sites for hydroxylation is 1. The molecule has 0 N–H and O–H groups in total. The van der Waals surface area contributed by atoms with E-state index < -0.39 is 0 Å². The third kappa shape index (κ3) is 3.16. The first kappa shape index (κ1) is 14.9. The number of ether oxygens (including phenoxy) is 3. The lowest BCUT2D eigenvalue weighted by Crippen LogP contribution is -2.05. The maximum Gasteiger partial charge on any atom is 0.203 e. The summed E-state index contributed by atoms with van der Waals surface area (Å²) in [6, 6.07) is 3.23. The summed E-state index contributed by atoms with van der Waals surface area (Å²) < 4.78 is 18.3. The molecule has 6 heteroatoms. The van der Waals surface area contributed by atoms with E-state index in [9.17, 15) is 4.79 Å². The van der Waals surface area contributed by atoms with Gasteiger partial charge in [0, 0.05) is 12.1 Å². The number of hydrogen-bond acceptors (Lipinski definition) is 5. The summed E-state index contributed by atoms with van der Waals surface area (Å²) in [7, 11) is 3.04. The SMILES string of the molecule is CCn1cncc1COc1c(OC)cc(C=O)cc1OC. The molecule has 2 aromatic rings. The monoisotopic (exact) mass is 290 g/mol. The highest BCUT2D eigenvalue weighted by Gasteiger charge is 2.15. The molecule has 0 aliphatic heterocycles. The van der Waals surface area contributed by atoms with Crippen LogP contribution in [-0.4, -0.2) is 30.1 Å². The largest absolute Gasteiger partial charge is 0.493 e. The lowest BCUT2D eigenvalue weighted by atomic mass is 10.2. The van der Waals surface area contributed by atoms with Crippen LogP contribution in [0.2, 0.25) is 0 Å². The van der Waals surface area contributed by atoms with Gasteiger partial charge < -0.3 is 18.8 Å². The van der Waals surface area contributed by atoms with Crippen LogP contribution in [0.3, 0.4) is 0 Å². The zero-order chi connectivity index (χ0) is 15.2. The summed E-state index contributed by atoms with van der Waals surface area (Å²) in [6.07, 6.45) is 4.24. The molecular formula is C15H18N2O4. The van der Waals surface area contributed by atoms with Gasteiger partial charge in [0.1, 0.15) is 12.9 Å². The van der Waals surface area contributed by atoms with Gasteiger partial charge in [-0.05, 0) is 19.1 Å². The molecule has 0 radical (unpaired) electrons. The fourth-order valence-corrected chi connectivity index (χ4v) is 2.01. The van der Waals surface area contributed by atoms with Crippen molar-refractivity contribution in [3.8, 4) is 17.2 Å². The Hall–Kier alpha value is -2.50. The molecule has 0 spiro atoms. The molecule has 0 fully saturated rings. The topological polar surface area (TPSA) is 62.6 Å². The Kier molecular flexibility index (Phi) is 4.81. The number of benzene rings is 1. The quantitative estimate of drug-likeness (QED) is 0.732. The first-order chi connectivity index (χ1) is 10.2. The molecule has 0 saturated carbocycles. The molecule has 2 rings (SSSR count). The molecule has 6 nitrogen and oxygen atoms in total. The maximum atomic E-state index is 10.9. The molecule has 1 heterocycles. The Morgan fingerprint density at radius 3 is 2.43 bits per heavy atom. The second kappa shape index (κ2) is 6.78. The summed E-state index contributed by atoms with van der Waals surface area (Å²) >= 11 is 0. The predicted molar refractivity (Wildman–Crippen MR) is 77.2 cm³/mol. The van der Waals surface area contributed by atoms with Gasteiger partial charge in [0.25, 0.3) is 0 Å². The van der Waals surface area contributed by atoms with Crippen molar-refractivity contribution >= 4 is 6.29 Å². The van der Waals surface area contributed by atoms with Crippen LogP contribution in [0.15, 0.2) is 24.7 Å². The number of carbonyl (C=O) groups is 1. The summed E-state index contributed by atoms with van der Waals surface area (Å²) in [4.78, 5) is 15.0. The normalized spacial score (nSPS) is 10.2. The van der Waals surface area contributed by atoms with Crippen LogP contribution < -0.4 is 14.2 Å². The van der Waals surface area contributed by atoms with E-state index in [0.29, 0.717) is 29.4 Å². The van der Waals surface area contributed by atoms with Gasteiger partial charge in [0.2, 0.25) is 5.75 Å². The summed E-state index contributed by atoms with van der Waals surface area (Å²) in [6.45, 7) is 3.18. The average Bonchev–Trinajstić information content (AvgIpc) is 2.99. The molecule has 1 aromatic heterocycles. The average molecular weight is 290 g/mol. The van der Waals surface area contributed by atoms with Gasteiger partial charge in [-0.15, -0.1) is 0 Å². The Morgan fingerprint density at radius 2 is 1.90 bits per heavy atom. The molecule has 21 heavy (non-hydrogen) atoms. The van der Waals surface area contributed by atoms with E-state index in [4.69, 9.17) is 14.2 Å². The molecule has 0 bridgehead atoms. The summed E-state index contributed by atoms with van der Waals surface area (Å²) in [5.74, 6) is 1.38. The zero-order valence-corrected chi connectivity index (χ0v) is 12.3. The van der Waals surface area contributed by atoms with Gasteiger partial charge >= 0.3 is 0 Å². The predicted octanol–water partition coefficient (Wildman–Crippen LogP) is 2.31. The van der Waals surface area contributed by atoms with Crippen molar-refractivity contribution in [2.75, 3.05) is 14.2 Å². The number of imidazole rings is 1. The van der Waals surface area contributed by atoms with Gasteiger partial charge in [-0.3, -0.25) is 4.79 Å². The number of methoxy groups -OCH3 is 2. The smallest absolute Gasteiger partial charge is 0.203 e. The number of nitrogens with zero attached hydrogens (tertiary/aromatic N) is 2. The first-order valence-corrected chi connectivity index (χ1v) is 6.56. The molecule has 0 atom stereocenters. The lowest BCUT2D eigenvalue weighted by molar-refractivity contribution is 0.112. The highest BCUT2D eigenvalue weighted by Crippen LogP contribution is 2.38. The van der Waals surface area contributed by atoms with Crippen LogP contribution in [0.1, 0.15) is 23.0 Å². The van der Waals surface area contributed by atoms with E-state index >= 15 is 0 Å². The highest BCUT2D eigenvalue weighted by molar-refractivity contribution is 5.78. The Morgan fingerprint density at radius 1 is 1.24 bits per heavy atom.